The molecule has 2 heterocycles. The van der Waals surface area contributed by atoms with Gasteiger partial charge in [0, 0.05) is 37.9 Å². The summed E-state index contributed by atoms with van der Waals surface area (Å²) >= 11 is 11.8. The van der Waals surface area contributed by atoms with Crippen LogP contribution in [0.25, 0.3) is 0 Å². The SMILES string of the molecule is COc1ccc(N2CC(C(=O)NCCNc3ncc(Cl)cc3Cl)CC2=O)cc1. The van der Waals surface area contributed by atoms with Gasteiger partial charge in [-0.2, -0.15) is 0 Å². The predicted molar refractivity (Wildman–Crippen MR) is 109 cm³/mol. The van der Waals surface area contributed by atoms with E-state index in [2.05, 4.69) is 15.6 Å². The van der Waals surface area contributed by atoms with E-state index in [4.69, 9.17) is 27.9 Å². The maximum absolute atomic E-state index is 12.4. The van der Waals surface area contributed by atoms with Gasteiger partial charge in [-0.05, 0) is 30.3 Å². The van der Waals surface area contributed by atoms with Gasteiger partial charge < -0.3 is 20.3 Å². The summed E-state index contributed by atoms with van der Waals surface area (Å²) in [7, 11) is 1.59. The van der Waals surface area contributed by atoms with Gasteiger partial charge in [-0.3, -0.25) is 9.59 Å². The predicted octanol–water partition coefficient (Wildman–Crippen LogP) is 2.98. The smallest absolute Gasteiger partial charge is 0.227 e. The summed E-state index contributed by atoms with van der Waals surface area (Å²) < 4.78 is 5.13. The van der Waals surface area contributed by atoms with E-state index in [1.54, 1.807) is 30.2 Å². The van der Waals surface area contributed by atoms with Gasteiger partial charge in [0.05, 0.1) is 23.1 Å². The van der Waals surface area contributed by atoms with E-state index in [1.165, 1.54) is 6.20 Å². The van der Waals surface area contributed by atoms with E-state index in [-0.39, 0.29) is 24.2 Å². The molecule has 28 heavy (non-hydrogen) atoms. The number of ether oxygens (including phenoxy) is 1. The molecule has 1 aromatic heterocycles. The standard InChI is InChI=1S/C19H20Cl2N4O3/c1-28-15-4-2-14(3-5-15)25-11-12(8-17(25)26)19(27)23-7-6-22-18-16(21)9-13(20)10-24-18/h2-5,9-10,12H,6-8,11H2,1H3,(H,22,24)(H,23,27). The van der Waals surface area contributed by atoms with Crippen molar-refractivity contribution in [3.63, 3.8) is 0 Å². The van der Waals surface area contributed by atoms with Crippen molar-refractivity contribution in [2.45, 2.75) is 6.42 Å². The first-order chi connectivity index (χ1) is 13.5. The molecule has 0 radical (unpaired) electrons. The van der Waals surface area contributed by atoms with Crippen LogP contribution in [-0.4, -0.2) is 43.5 Å². The number of carbonyl (C=O) groups is 2. The summed E-state index contributed by atoms with van der Waals surface area (Å²) in [5.41, 5.74) is 0.756. The average Bonchev–Trinajstić information content (AvgIpc) is 3.08. The number of rotatable bonds is 7. The molecule has 3 rings (SSSR count). The third kappa shape index (κ3) is 4.85. The molecule has 1 aliphatic heterocycles. The zero-order chi connectivity index (χ0) is 20.1. The summed E-state index contributed by atoms with van der Waals surface area (Å²) in [6.45, 7) is 1.19. The largest absolute Gasteiger partial charge is 0.497 e. The van der Waals surface area contributed by atoms with Crippen molar-refractivity contribution in [3.8, 4) is 5.75 Å². The number of hydrogen-bond donors (Lipinski definition) is 2. The molecule has 0 bridgehead atoms. The molecule has 148 valence electrons. The Morgan fingerprint density at radius 3 is 2.71 bits per heavy atom. The van der Waals surface area contributed by atoms with Crippen molar-refractivity contribution in [1.82, 2.24) is 10.3 Å². The fraction of sp³-hybridized carbons (Fsp3) is 0.316. The molecule has 9 heteroatoms. The molecule has 1 fully saturated rings. The van der Waals surface area contributed by atoms with Crippen LogP contribution in [0.15, 0.2) is 36.5 Å². The molecule has 1 saturated heterocycles. The van der Waals surface area contributed by atoms with Crippen molar-refractivity contribution in [1.29, 1.82) is 0 Å². The summed E-state index contributed by atoms with van der Waals surface area (Å²) in [4.78, 5) is 30.4. The minimum Gasteiger partial charge on any atom is -0.497 e. The number of hydrogen-bond acceptors (Lipinski definition) is 5. The monoisotopic (exact) mass is 422 g/mol. The number of methoxy groups -OCH3 is 1. The van der Waals surface area contributed by atoms with Gasteiger partial charge in [-0.25, -0.2) is 4.98 Å². The average molecular weight is 423 g/mol. The number of pyridine rings is 1. The lowest BCUT2D eigenvalue weighted by molar-refractivity contribution is -0.126. The van der Waals surface area contributed by atoms with Crippen LogP contribution in [0, 0.1) is 5.92 Å². The van der Waals surface area contributed by atoms with Crippen molar-refractivity contribution >= 4 is 46.5 Å². The lowest BCUT2D eigenvalue weighted by Gasteiger charge is -2.17. The second kappa shape index (κ2) is 9.12. The Hall–Kier alpha value is -2.51. The third-order valence-corrected chi connectivity index (χ3v) is 4.90. The number of anilines is 2. The lowest BCUT2D eigenvalue weighted by Crippen LogP contribution is -2.35. The first-order valence-corrected chi connectivity index (χ1v) is 9.50. The second-order valence-corrected chi connectivity index (χ2v) is 7.15. The molecule has 2 amide bonds. The number of halogens is 2. The topological polar surface area (TPSA) is 83.6 Å². The number of nitrogens with zero attached hydrogens (tertiary/aromatic N) is 2. The molecular weight excluding hydrogens is 403 g/mol. The normalized spacial score (nSPS) is 16.2. The van der Waals surface area contributed by atoms with Crippen LogP contribution in [0.2, 0.25) is 10.0 Å². The molecule has 0 saturated carbocycles. The molecule has 0 aliphatic carbocycles. The summed E-state index contributed by atoms with van der Waals surface area (Å²) in [6.07, 6.45) is 1.68. The van der Waals surface area contributed by atoms with Gasteiger partial charge in [-0.1, -0.05) is 23.2 Å². The van der Waals surface area contributed by atoms with Crippen LogP contribution in [0.1, 0.15) is 6.42 Å². The highest BCUT2D eigenvalue weighted by Crippen LogP contribution is 2.27. The zero-order valence-electron chi connectivity index (χ0n) is 15.2. The van der Waals surface area contributed by atoms with E-state index >= 15 is 0 Å². The van der Waals surface area contributed by atoms with E-state index in [0.717, 1.165) is 5.69 Å². The molecule has 0 spiro atoms. The van der Waals surface area contributed by atoms with Crippen molar-refractivity contribution < 1.29 is 14.3 Å². The molecule has 1 aromatic carbocycles. The van der Waals surface area contributed by atoms with Crippen LogP contribution in [-0.2, 0) is 9.59 Å². The van der Waals surface area contributed by atoms with E-state index in [1.807, 2.05) is 12.1 Å². The Labute approximate surface area is 173 Å². The van der Waals surface area contributed by atoms with Crippen molar-refractivity contribution in [3.05, 3.63) is 46.6 Å². The Balaban J connectivity index is 1.47. The van der Waals surface area contributed by atoms with Crippen molar-refractivity contribution in [2.24, 2.45) is 5.92 Å². The Morgan fingerprint density at radius 2 is 2.04 bits per heavy atom. The van der Waals surface area contributed by atoms with Gasteiger partial charge in [0.15, 0.2) is 0 Å². The molecular formula is C19H20Cl2N4O3. The lowest BCUT2D eigenvalue weighted by atomic mass is 10.1. The highest BCUT2D eigenvalue weighted by Gasteiger charge is 2.34. The van der Waals surface area contributed by atoms with Crippen molar-refractivity contribution in [2.75, 3.05) is 37.0 Å². The van der Waals surface area contributed by atoms with E-state index in [0.29, 0.717) is 41.2 Å². The van der Waals surface area contributed by atoms with E-state index < -0.39 is 0 Å². The van der Waals surface area contributed by atoms with Crippen LogP contribution in [0.4, 0.5) is 11.5 Å². The Kier molecular flexibility index (Phi) is 6.59. The number of carbonyl (C=O) groups excluding carboxylic acids is 2. The van der Waals surface area contributed by atoms with E-state index in [9.17, 15) is 9.59 Å². The van der Waals surface area contributed by atoms with Gasteiger partial charge in [0.1, 0.15) is 11.6 Å². The summed E-state index contributed by atoms with van der Waals surface area (Å²) in [5, 5.41) is 6.74. The number of amides is 2. The first-order valence-electron chi connectivity index (χ1n) is 8.75. The van der Waals surface area contributed by atoms with Gasteiger partial charge in [0.25, 0.3) is 0 Å². The van der Waals surface area contributed by atoms with Gasteiger partial charge in [-0.15, -0.1) is 0 Å². The number of benzene rings is 1. The number of nitrogens with one attached hydrogen (secondary N) is 2. The maximum atomic E-state index is 12.4. The molecule has 1 unspecified atom stereocenters. The molecule has 2 N–H and O–H groups in total. The van der Waals surface area contributed by atoms with Crippen LogP contribution >= 0.6 is 23.2 Å². The molecule has 1 atom stereocenters. The minimum atomic E-state index is -0.383. The van der Waals surface area contributed by atoms with Crippen LogP contribution < -0.4 is 20.3 Å². The quantitative estimate of drug-likeness (QED) is 0.670. The molecule has 1 aliphatic rings. The fourth-order valence-corrected chi connectivity index (χ4v) is 3.40. The summed E-state index contributed by atoms with van der Waals surface area (Å²) in [5.74, 6) is 0.614. The molecule has 7 nitrogen and oxygen atoms in total. The summed E-state index contributed by atoms with van der Waals surface area (Å²) in [6, 6.07) is 8.79. The zero-order valence-corrected chi connectivity index (χ0v) is 16.8. The maximum Gasteiger partial charge on any atom is 0.227 e. The minimum absolute atomic E-state index is 0.0689. The second-order valence-electron chi connectivity index (χ2n) is 6.31. The highest BCUT2D eigenvalue weighted by atomic mass is 35.5. The van der Waals surface area contributed by atoms with Gasteiger partial charge in [0.2, 0.25) is 11.8 Å². The number of aromatic nitrogens is 1. The Morgan fingerprint density at radius 1 is 1.29 bits per heavy atom. The fourth-order valence-electron chi connectivity index (χ4n) is 2.95. The first kappa shape index (κ1) is 20.2. The van der Waals surface area contributed by atoms with Crippen LogP contribution in [0.3, 0.4) is 0 Å². The van der Waals surface area contributed by atoms with Gasteiger partial charge >= 0.3 is 0 Å². The third-order valence-electron chi connectivity index (χ3n) is 4.40. The van der Waals surface area contributed by atoms with Crippen LogP contribution in [0.5, 0.6) is 5.75 Å². The molecule has 2 aromatic rings. The highest BCUT2D eigenvalue weighted by molar-refractivity contribution is 6.35. The Bertz CT molecular complexity index is 861.